The zero-order valence-corrected chi connectivity index (χ0v) is 18.9. The topological polar surface area (TPSA) is 89.5 Å². The van der Waals surface area contributed by atoms with Gasteiger partial charge in [-0.3, -0.25) is 9.52 Å². The van der Waals surface area contributed by atoms with E-state index in [0.29, 0.717) is 5.56 Å². The Morgan fingerprint density at radius 1 is 0.839 bits per heavy atom. The third-order valence-electron chi connectivity index (χ3n) is 4.24. The van der Waals surface area contributed by atoms with Gasteiger partial charge in [-0.05, 0) is 30.3 Å². The summed E-state index contributed by atoms with van der Waals surface area (Å²) in [5, 5.41) is 0.153. The van der Waals surface area contributed by atoms with Crippen molar-refractivity contribution >= 4 is 62.3 Å². The monoisotopic (exact) mass is 497 g/mol. The Balaban J connectivity index is 2.15. The first-order valence-electron chi connectivity index (χ1n) is 8.63. The molecule has 3 aromatic rings. The summed E-state index contributed by atoms with van der Waals surface area (Å²) < 4.78 is 32.9. The van der Waals surface area contributed by atoms with Gasteiger partial charge in [0.2, 0.25) is 0 Å². The second kappa shape index (κ2) is 9.28. The minimum absolute atomic E-state index is 0.0384. The van der Waals surface area contributed by atoms with Crippen molar-refractivity contribution in [2.75, 3.05) is 11.8 Å². The largest absolute Gasteiger partial charge is 0.465 e. The molecule has 0 bridgehead atoms. The molecule has 10 heteroatoms. The summed E-state index contributed by atoms with van der Waals surface area (Å²) in [5.41, 5.74) is -0.00259. The van der Waals surface area contributed by atoms with Crippen molar-refractivity contribution in [3.63, 3.8) is 0 Å². The number of carbonyl (C=O) groups excluding carboxylic acids is 2. The number of carbonyl (C=O) groups is 2. The molecular formula is C21H14Cl3NO5S. The third kappa shape index (κ3) is 5.02. The molecule has 0 spiro atoms. The Hall–Kier alpha value is -2.58. The van der Waals surface area contributed by atoms with E-state index in [0.717, 1.165) is 13.2 Å². The quantitative estimate of drug-likeness (QED) is 0.360. The van der Waals surface area contributed by atoms with Crippen molar-refractivity contribution in [1.29, 1.82) is 0 Å². The van der Waals surface area contributed by atoms with E-state index in [4.69, 9.17) is 34.8 Å². The average molecular weight is 499 g/mol. The van der Waals surface area contributed by atoms with Crippen molar-refractivity contribution in [2.45, 2.75) is 4.90 Å². The SMILES string of the molecule is COC(=O)c1cc(NS(=O)(=O)c2ccc(Cl)c(Cl)c2)c(C(=O)c2ccccc2)cc1Cl. The van der Waals surface area contributed by atoms with Crippen LogP contribution in [0.2, 0.25) is 15.1 Å². The Bertz CT molecular complexity index is 1280. The number of hydrogen-bond acceptors (Lipinski definition) is 5. The second-order valence-electron chi connectivity index (χ2n) is 6.25. The predicted molar refractivity (Wildman–Crippen MR) is 120 cm³/mol. The molecule has 0 fully saturated rings. The van der Waals surface area contributed by atoms with Gasteiger partial charge in [0.25, 0.3) is 10.0 Å². The van der Waals surface area contributed by atoms with Gasteiger partial charge in [0.15, 0.2) is 5.78 Å². The van der Waals surface area contributed by atoms with Crippen LogP contribution < -0.4 is 4.72 Å². The molecule has 31 heavy (non-hydrogen) atoms. The summed E-state index contributed by atoms with van der Waals surface area (Å²) in [7, 11) is -3.04. The standard InChI is InChI=1S/C21H14Cl3NO5S/c1-30-21(27)14-11-19(25-31(28,29)13-7-8-16(22)18(24)9-13)15(10-17(14)23)20(26)12-5-3-2-4-6-12/h2-11,25H,1H3. The summed E-state index contributed by atoms with van der Waals surface area (Å²) in [5.74, 6) is -1.29. The number of nitrogens with one attached hydrogen (secondary N) is 1. The van der Waals surface area contributed by atoms with Crippen molar-refractivity contribution in [3.05, 3.63) is 92.4 Å². The molecule has 0 aliphatic heterocycles. The van der Waals surface area contributed by atoms with Gasteiger partial charge in [-0.15, -0.1) is 0 Å². The zero-order valence-electron chi connectivity index (χ0n) is 15.9. The van der Waals surface area contributed by atoms with Crippen molar-refractivity contribution < 1.29 is 22.7 Å². The van der Waals surface area contributed by atoms with Crippen molar-refractivity contribution in [3.8, 4) is 0 Å². The predicted octanol–water partition coefficient (Wildman–Crippen LogP) is 5.47. The maximum Gasteiger partial charge on any atom is 0.339 e. The van der Waals surface area contributed by atoms with Gasteiger partial charge in [-0.2, -0.15) is 0 Å². The highest BCUT2D eigenvalue weighted by Crippen LogP contribution is 2.31. The normalized spacial score (nSPS) is 11.1. The molecule has 0 saturated carbocycles. The van der Waals surface area contributed by atoms with Crippen LogP contribution in [0.25, 0.3) is 0 Å². The van der Waals surface area contributed by atoms with E-state index in [2.05, 4.69) is 9.46 Å². The number of ether oxygens (including phenoxy) is 1. The van der Waals surface area contributed by atoms with Crippen LogP contribution in [0.3, 0.4) is 0 Å². The highest BCUT2D eigenvalue weighted by molar-refractivity contribution is 7.92. The summed E-state index contributed by atoms with van der Waals surface area (Å²) in [4.78, 5) is 24.9. The minimum Gasteiger partial charge on any atom is -0.465 e. The smallest absolute Gasteiger partial charge is 0.339 e. The van der Waals surface area contributed by atoms with Crippen LogP contribution in [-0.4, -0.2) is 27.3 Å². The highest BCUT2D eigenvalue weighted by Gasteiger charge is 2.24. The Morgan fingerprint density at radius 3 is 2.13 bits per heavy atom. The molecule has 0 heterocycles. The molecule has 0 aliphatic carbocycles. The third-order valence-corrected chi connectivity index (χ3v) is 6.65. The van der Waals surface area contributed by atoms with Crippen LogP contribution in [0, 0.1) is 0 Å². The number of methoxy groups -OCH3 is 1. The van der Waals surface area contributed by atoms with E-state index < -0.39 is 21.8 Å². The highest BCUT2D eigenvalue weighted by atomic mass is 35.5. The van der Waals surface area contributed by atoms with E-state index in [-0.39, 0.29) is 36.8 Å². The van der Waals surface area contributed by atoms with E-state index >= 15 is 0 Å². The number of halogens is 3. The first kappa shape index (κ1) is 23.1. The molecule has 0 aliphatic rings. The fourth-order valence-electron chi connectivity index (χ4n) is 2.70. The first-order chi connectivity index (χ1) is 14.6. The van der Waals surface area contributed by atoms with Gasteiger partial charge in [0.05, 0.1) is 38.3 Å². The van der Waals surface area contributed by atoms with Crippen LogP contribution in [-0.2, 0) is 14.8 Å². The number of anilines is 1. The second-order valence-corrected chi connectivity index (χ2v) is 9.15. The maximum atomic E-state index is 13.0. The molecule has 0 amide bonds. The van der Waals surface area contributed by atoms with Gasteiger partial charge in [0.1, 0.15) is 0 Å². The lowest BCUT2D eigenvalue weighted by molar-refractivity contribution is 0.0600. The van der Waals surface area contributed by atoms with Crippen LogP contribution in [0.4, 0.5) is 5.69 Å². The number of ketones is 1. The lowest BCUT2D eigenvalue weighted by Gasteiger charge is -2.15. The fourth-order valence-corrected chi connectivity index (χ4v) is 4.40. The molecule has 0 saturated heterocycles. The molecule has 1 N–H and O–H groups in total. The summed E-state index contributed by atoms with van der Waals surface area (Å²) in [6.07, 6.45) is 0. The molecule has 0 radical (unpaired) electrons. The summed E-state index contributed by atoms with van der Waals surface area (Å²) in [6.45, 7) is 0. The number of sulfonamides is 1. The molecule has 3 aromatic carbocycles. The van der Waals surface area contributed by atoms with Gasteiger partial charge in [0, 0.05) is 11.1 Å². The number of benzene rings is 3. The Labute approximate surface area is 193 Å². The minimum atomic E-state index is -4.19. The molecule has 0 aromatic heterocycles. The van der Waals surface area contributed by atoms with Crippen LogP contribution in [0.15, 0.2) is 65.6 Å². The lowest BCUT2D eigenvalue weighted by Crippen LogP contribution is -2.17. The number of rotatable bonds is 6. The molecule has 3 rings (SSSR count). The van der Waals surface area contributed by atoms with Gasteiger partial charge in [-0.25, -0.2) is 13.2 Å². The lowest BCUT2D eigenvalue weighted by atomic mass is 10.00. The Kier molecular flexibility index (Phi) is 6.91. The van der Waals surface area contributed by atoms with Crippen LogP contribution in [0.1, 0.15) is 26.3 Å². The average Bonchev–Trinajstić information content (AvgIpc) is 2.75. The van der Waals surface area contributed by atoms with Gasteiger partial charge >= 0.3 is 5.97 Å². The van der Waals surface area contributed by atoms with Crippen molar-refractivity contribution in [1.82, 2.24) is 0 Å². The maximum absolute atomic E-state index is 13.0. The molecular weight excluding hydrogens is 485 g/mol. The van der Waals surface area contributed by atoms with Gasteiger partial charge in [-0.1, -0.05) is 65.1 Å². The molecule has 6 nitrogen and oxygen atoms in total. The number of hydrogen-bond donors (Lipinski definition) is 1. The van der Waals surface area contributed by atoms with Crippen molar-refractivity contribution in [2.24, 2.45) is 0 Å². The summed E-state index contributed by atoms with van der Waals surface area (Å²) >= 11 is 18.0. The Morgan fingerprint density at radius 2 is 1.52 bits per heavy atom. The van der Waals surface area contributed by atoms with Crippen LogP contribution in [0.5, 0.6) is 0 Å². The molecule has 0 atom stereocenters. The molecule has 0 unspecified atom stereocenters. The van der Waals surface area contributed by atoms with E-state index in [9.17, 15) is 18.0 Å². The van der Waals surface area contributed by atoms with Gasteiger partial charge < -0.3 is 4.74 Å². The first-order valence-corrected chi connectivity index (χ1v) is 11.2. The number of esters is 1. The van der Waals surface area contributed by atoms with E-state index in [1.807, 2.05) is 0 Å². The van der Waals surface area contributed by atoms with E-state index in [1.54, 1.807) is 30.3 Å². The zero-order chi connectivity index (χ0) is 22.8. The summed E-state index contributed by atoms with van der Waals surface area (Å²) in [6, 6.07) is 14.3. The molecule has 160 valence electrons. The van der Waals surface area contributed by atoms with Crippen LogP contribution >= 0.6 is 34.8 Å². The fraction of sp³-hybridized carbons (Fsp3) is 0.0476. The van der Waals surface area contributed by atoms with E-state index in [1.165, 1.54) is 24.3 Å².